The SMILES string of the molecule is CN(Cc1nc2ccccc2c2ccn(S(=O)(=O)c3ccccc3)c12)c1ccccc1. The highest BCUT2D eigenvalue weighted by Crippen LogP contribution is 2.31. The van der Waals surface area contributed by atoms with Gasteiger partial charge in [0.1, 0.15) is 0 Å². The van der Waals surface area contributed by atoms with Crippen molar-refractivity contribution >= 4 is 37.5 Å². The Morgan fingerprint density at radius 3 is 2.19 bits per heavy atom. The second-order valence-electron chi connectivity index (χ2n) is 7.46. The van der Waals surface area contributed by atoms with E-state index in [1.165, 1.54) is 3.97 Å². The van der Waals surface area contributed by atoms with Crippen molar-refractivity contribution < 1.29 is 8.42 Å². The van der Waals surface area contributed by atoms with E-state index in [4.69, 9.17) is 4.98 Å². The first-order valence-electron chi connectivity index (χ1n) is 10.0. The summed E-state index contributed by atoms with van der Waals surface area (Å²) >= 11 is 0. The number of para-hydroxylation sites is 2. The molecule has 0 fully saturated rings. The van der Waals surface area contributed by atoms with Gasteiger partial charge in [0, 0.05) is 29.7 Å². The molecular formula is C25H21N3O2S. The van der Waals surface area contributed by atoms with E-state index in [0.717, 1.165) is 22.0 Å². The van der Waals surface area contributed by atoms with Gasteiger partial charge in [-0.25, -0.2) is 17.4 Å². The molecule has 0 aliphatic heterocycles. The minimum absolute atomic E-state index is 0.253. The molecule has 0 bridgehead atoms. The van der Waals surface area contributed by atoms with Crippen LogP contribution in [0.5, 0.6) is 0 Å². The van der Waals surface area contributed by atoms with Gasteiger partial charge in [-0.15, -0.1) is 0 Å². The number of rotatable bonds is 5. The summed E-state index contributed by atoms with van der Waals surface area (Å²) in [5.74, 6) is 0. The Morgan fingerprint density at radius 1 is 0.806 bits per heavy atom. The summed E-state index contributed by atoms with van der Waals surface area (Å²) in [4.78, 5) is 7.21. The van der Waals surface area contributed by atoms with Crippen LogP contribution < -0.4 is 4.90 Å². The van der Waals surface area contributed by atoms with Crippen molar-refractivity contribution in [3.63, 3.8) is 0 Å². The minimum Gasteiger partial charge on any atom is -0.369 e. The number of fused-ring (bicyclic) bond motifs is 3. The van der Waals surface area contributed by atoms with Gasteiger partial charge in [-0.05, 0) is 36.4 Å². The van der Waals surface area contributed by atoms with Crippen LogP contribution >= 0.6 is 0 Å². The fourth-order valence-electron chi connectivity index (χ4n) is 3.93. The van der Waals surface area contributed by atoms with Crippen molar-refractivity contribution in [2.45, 2.75) is 11.4 Å². The molecule has 31 heavy (non-hydrogen) atoms. The quantitative estimate of drug-likeness (QED) is 0.393. The molecule has 5 nitrogen and oxygen atoms in total. The highest BCUT2D eigenvalue weighted by atomic mass is 32.2. The maximum atomic E-state index is 13.5. The monoisotopic (exact) mass is 427 g/mol. The molecule has 0 N–H and O–H groups in total. The van der Waals surface area contributed by atoms with Crippen molar-refractivity contribution in [2.75, 3.05) is 11.9 Å². The van der Waals surface area contributed by atoms with Gasteiger partial charge in [0.15, 0.2) is 0 Å². The predicted molar refractivity (Wildman–Crippen MR) is 125 cm³/mol. The molecule has 154 valence electrons. The molecule has 6 heteroatoms. The predicted octanol–water partition coefficient (Wildman–Crippen LogP) is 5.06. The molecule has 0 spiro atoms. The van der Waals surface area contributed by atoms with Gasteiger partial charge in [0.2, 0.25) is 0 Å². The van der Waals surface area contributed by atoms with Crippen molar-refractivity contribution in [1.82, 2.24) is 8.96 Å². The lowest BCUT2D eigenvalue weighted by atomic mass is 10.1. The Morgan fingerprint density at radius 2 is 1.45 bits per heavy atom. The van der Waals surface area contributed by atoms with Crippen LogP contribution in [0.2, 0.25) is 0 Å². The van der Waals surface area contributed by atoms with Crippen LogP contribution in [0.1, 0.15) is 5.69 Å². The van der Waals surface area contributed by atoms with Crippen LogP contribution in [0, 0.1) is 0 Å². The molecule has 5 aromatic rings. The van der Waals surface area contributed by atoms with Crippen molar-refractivity contribution in [3.8, 4) is 0 Å². The molecule has 3 aromatic carbocycles. The fourth-order valence-corrected chi connectivity index (χ4v) is 5.32. The molecule has 2 heterocycles. The zero-order chi connectivity index (χ0) is 21.4. The molecule has 0 saturated heterocycles. The lowest BCUT2D eigenvalue weighted by molar-refractivity contribution is 0.589. The van der Waals surface area contributed by atoms with Gasteiger partial charge < -0.3 is 4.90 Å². The van der Waals surface area contributed by atoms with Crippen LogP contribution in [0.4, 0.5) is 5.69 Å². The second-order valence-corrected chi connectivity index (χ2v) is 9.27. The first-order chi connectivity index (χ1) is 15.1. The van der Waals surface area contributed by atoms with Crippen LogP contribution in [0.3, 0.4) is 0 Å². The van der Waals surface area contributed by atoms with Crippen molar-refractivity contribution in [3.05, 3.63) is 103 Å². The third-order valence-electron chi connectivity index (χ3n) is 5.46. The number of hydrogen-bond acceptors (Lipinski definition) is 4. The van der Waals surface area contributed by atoms with Crippen molar-refractivity contribution in [1.29, 1.82) is 0 Å². The topological polar surface area (TPSA) is 55.2 Å². The average molecular weight is 428 g/mol. The lowest BCUT2D eigenvalue weighted by Crippen LogP contribution is -2.19. The van der Waals surface area contributed by atoms with Crippen LogP contribution in [-0.2, 0) is 16.6 Å². The Kier molecular flexibility index (Phi) is 4.71. The van der Waals surface area contributed by atoms with Crippen LogP contribution in [0.25, 0.3) is 21.8 Å². The summed E-state index contributed by atoms with van der Waals surface area (Å²) in [6, 6.07) is 28.2. The number of nitrogens with zero attached hydrogens (tertiary/aromatic N) is 3. The molecule has 0 aliphatic rings. The standard InChI is InChI=1S/C25H21N3O2S/c1-27(19-10-4-2-5-11-19)18-24-25-22(21-14-8-9-15-23(21)26-24)16-17-28(25)31(29,30)20-12-6-3-7-13-20/h2-17H,18H2,1H3. The Hall–Kier alpha value is -3.64. The molecule has 0 radical (unpaired) electrons. The normalized spacial score (nSPS) is 11.8. The van der Waals surface area contributed by atoms with Gasteiger partial charge in [-0.1, -0.05) is 54.6 Å². The maximum absolute atomic E-state index is 13.5. The maximum Gasteiger partial charge on any atom is 0.268 e. The van der Waals surface area contributed by atoms with E-state index in [9.17, 15) is 8.42 Å². The number of aromatic nitrogens is 2. The Labute approximate surface area is 181 Å². The number of pyridine rings is 1. The zero-order valence-corrected chi connectivity index (χ0v) is 17.8. The molecule has 0 saturated carbocycles. The molecule has 0 aliphatic carbocycles. The Bertz CT molecular complexity index is 1480. The third-order valence-corrected chi connectivity index (χ3v) is 7.15. The Balaban J connectivity index is 1.74. The molecule has 0 atom stereocenters. The fraction of sp³-hybridized carbons (Fsp3) is 0.0800. The van der Waals surface area contributed by atoms with Crippen LogP contribution in [-0.4, -0.2) is 24.4 Å². The summed E-state index contributed by atoms with van der Waals surface area (Å²) in [5.41, 5.74) is 3.21. The van der Waals surface area contributed by atoms with Gasteiger partial charge in [0.25, 0.3) is 10.0 Å². The van der Waals surface area contributed by atoms with E-state index in [1.54, 1.807) is 30.5 Å². The first kappa shape index (κ1) is 19.3. The summed E-state index contributed by atoms with van der Waals surface area (Å²) in [6.07, 6.45) is 1.63. The average Bonchev–Trinajstić information content (AvgIpc) is 3.27. The van der Waals surface area contributed by atoms with E-state index in [1.807, 2.05) is 73.8 Å². The van der Waals surface area contributed by atoms with Gasteiger partial charge in [-0.2, -0.15) is 0 Å². The summed E-state index contributed by atoms with van der Waals surface area (Å²) in [6.45, 7) is 0.472. The number of benzene rings is 3. The number of anilines is 1. The van der Waals surface area contributed by atoms with E-state index in [2.05, 4.69) is 4.90 Å². The summed E-state index contributed by atoms with van der Waals surface area (Å²) in [7, 11) is -1.77. The highest BCUT2D eigenvalue weighted by molar-refractivity contribution is 7.90. The van der Waals surface area contributed by atoms with E-state index in [-0.39, 0.29) is 4.90 Å². The molecule has 5 rings (SSSR count). The van der Waals surface area contributed by atoms with Crippen molar-refractivity contribution in [2.24, 2.45) is 0 Å². The smallest absolute Gasteiger partial charge is 0.268 e. The molecule has 0 amide bonds. The van der Waals surface area contributed by atoms with E-state index < -0.39 is 10.0 Å². The van der Waals surface area contributed by atoms with Gasteiger partial charge in [-0.3, -0.25) is 0 Å². The minimum atomic E-state index is -3.76. The third kappa shape index (κ3) is 3.35. The number of hydrogen-bond donors (Lipinski definition) is 0. The van der Waals surface area contributed by atoms with Crippen LogP contribution in [0.15, 0.2) is 102 Å². The largest absolute Gasteiger partial charge is 0.369 e. The second kappa shape index (κ2) is 7.56. The highest BCUT2D eigenvalue weighted by Gasteiger charge is 2.23. The molecule has 0 unspecified atom stereocenters. The lowest BCUT2D eigenvalue weighted by Gasteiger charge is -2.20. The zero-order valence-electron chi connectivity index (χ0n) is 17.0. The first-order valence-corrected chi connectivity index (χ1v) is 11.5. The van der Waals surface area contributed by atoms with E-state index >= 15 is 0 Å². The van der Waals surface area contributed by atoms with E-state index in [0.29, 0.717) is 17.8 Å². The van der Waals surface area contributed by atoms with Gasteiger partial charge >= 0.3 is 0 Å². The molecule has 2 aromatic heterocycles. The summed E-state index contributed by atoms with van der Waals surface area (Å²) in [5, 5.41) is 1.81. The van der Waals surface area contributed by atoms with Gasteiger partial charge in [0.05, 0.1) is 28.2 Å². The molecular weight excluding hydrogens is 406 g/mol. The summed E-state index contributed by atoms with van der Waals surface area (Å²) < 4.78 is 28.3.